The molecule has 10 heteroatoms. The van der Waals surface area contributed by atoms with Gasteiger partial charge < -0.3 is 29.7 Å². The number of aliphatic hydroxyl groups excluding tert-OH is 1. The van der Waals surface area contributed by atoms with Crippen LogP contribution in [-0.2, 0) is 28.7 Å². The van der Waals surface area contributed by atoms with Gasteiger partial charge in [-0.2, -0.15) is 0 Å². The molecule has 6 rings (SSSR count). The first-order chi connectivity index (χ1) is 23.5. The van der Waals surface area contributed by atoms with E-state index in [0.717, 1.165) is 11.1 Å². The number of esters is 1. The number of fused-ring (bicyclic) bond motifs is 2. The van der Waals surface area contributed by atoms with E-state index in [4.69, 9.17) is 9.47 Å². The van der Waals surface area contributed by atoms with Gasteiger partial charge in [-0.1, -0.05) is 87.0 Å². The molecule has 5 bridgehead atoms. The van der Waals surface area contributed by atoms with Crippen LogP contribution in [0.4, 0.5) is 5.69 Å². The molecule has 2 fully saturated rings. The predicted molar refractivity (Wildman–Crippen MR) is 184 cm³/mol. The lowest BCUT2D eigenvalue weighted by molar-refractivity contribution is -0.161. The fourth-order valence-corrected chi connectivity index (χ4v) is 8.01. The van der Waals surface area contributed by atoms with Gasteiger partial charge >= 0.3 is 5.97 Å². The third-order valence-corrected chi connectivity index (χ3v) is 10.8. The highest BCUT2D eigenvalue weighted by Gasteiger charge is 2.74. The lowest BCUT2D eigenvalue weighted by Gasteiger charge is -2.40. The van der Waals surface area contributed by atoms with Crippen LogP contribution in [0, 0.1) is 31.6 Å². The molecule has 1 spiro atoms. The van der Waals surface area contributed by atoms with Gasteiger partial charge in [-0.3, -0.25) is 19.2 Å². The number of aryl methyl sites for hydroxylation is 2. The van der Waals surface area contributed by atoms with E-state index in [1.54, 1.807) is 24.0 Å². The molecule has 0 radical (unpaired) electrons. The zero-order valence-electron chi connectivity index (χ0n) is 28.9. The van der Waals surface area contributed by atoms with Gasteiger partial charge in [-0.05, 0) is 55.9 Å². The van der Waals surface area contributed by atoms with Gasteiger partial charge in [-0.15, -0.1) is 0 Å². The summed E-state index contributed by atoms with van der Waals surface area (Å²) in [6.45, 7) is 9.44. The van der Waals surface area contributed by atoms with Gasteiger partial charge in [0.1, 0.15) is 23.7 Å². The first-order valence-corrected chi connectivity index (χ1v) is 17.4. The van der Waals surface area contributed by atoms with Crippen molar-refractivity contribution in [2.24, 2.45) is 17.8 Å². The normalized spacial score (nSPS) is 32.1. The minimum atomic E-state index is -1.45. The van der Waals surface area contributed by atoms with Gasteiger partial charge in [0, 0.05) is 18.7 Å². The van der Waals surface area contributed by atoms with Crippen molar-refractivity contribution >= 4 is 29.4 Å². The number of rotatable bonds is 6. The minimum Gasteiger partial charge on any atom is -0.455 e. The Morgan fingerprint density at radius 1 is 1.04 bits per heavy atom. The number of cyclic esters (lactones) is 1. The van der Waals surface area contributed by atoms with Crippen molar-refractivity contribution < 1.29 is 33.8 Å². The van der Waals surface area contributed by atoms with Crippen molar-refractivity contribution in [3.8, 4) is 0 Å². The maximum absolute atomic E-state index is 15.2. The Balaban J connectivity index is 1.50. The third kappa shape index (κ3) is 6.10. The number of likely N-dealkylation sites (tertiary alicyclic amines) is 1. The van der Waals surface area contributed by atoms with E-state index in [1.807, 2.05) is 88.4 Å². The number of ether oxygens (including phenoxy) is 2. The number of carbonyl (C=O) groups excluding carboxylic acids is 4. The van der Waals surface area contributed by atoms with Crippen LogP contribution >= 0.6 is 0 Å². The van der Waals surface area contributed by atoms with Crippen molar-refractivity contribution in [3.63, 3.8) is 0 Å². The molecule has 49 heavy (non-hydrogen) atoms. The summed E-state index contributed by atoms with van der Waals surface area (Å²) in [6.07, 6.45) is 6.96. The molecule has 2 aromatic carbocycles. The maximum Gasteiger partial charge on any atom is 0.313 e. The molecule has 4 aliphatic rings. The first kappa shape index (κ1) is 34.6. The van der Waals surface area contributed by atoms with Crippen molar-refractivity contribution in [2.45, 2.75) is 89.8 Å². The third-order valence-electron chi connectivity index (χ3n) is 10.8. The number of nitrogens with zero attached hydrogens (tertiary/aromatic N) is 2. The summed E-state index contributed by atoms with van der Waals surface area (Å²) in [5, 5.41) is 13.8. The standard InChI is InChI=1S/C39H47N3O7/c1-6-24(3)29(22-43)42-35-37(46)41(28-21-23(2)16-17-25(28)4)20-12-8-11-15-31(44)40-26(5)34(27-13-9-7-10-14-27)48-38(47)32-30-18-19-39(35,49-30)33(32)36(42)45/h7-10,12-14,16-19,21,24,26,29-30,32-35,43H,6,11,15,20,22H2,1-5H3,(H,40,44)/b12-8-/t24-,26+,29-,30-,32+,33+,34-,35-,39+/m0/s1. The van der Waals surface area contributed by atoms with Crippen LogP contribution in [0.25, 0.3) is 0 Å². The molecular weight excluding hydrogens is 622 g/mol. The summed E-state index contributed by atoms with van der Waals surface area (Å²) in [5.74, 6) is -3.85. The SMILES string of the molecule is CC[C@H](C)[C@H](CO)N1C(=O)[C@H]2[C@@H]3C(=O)O[C@H](c4ccccc4)[C@@H](C)NC(=O)CC/C=C\CN(c4cc(C)ccc4C)C(=O)[C@H]1[C@@]21C=C[C@@H]3O1. The van der Waals surface area contributed by atoms with Gasteiger partial charge in [-0.25, -0.2) is 0 Å². The summed E-state index contributed by atoms with van der Waals surface area (Å²) in [4.78, 5) is 60.6. The average molecular weight is 670 g/mol. The quantitative estimate of drug-likeness (QED) is 0.347. The first-order valence-electron chi connectivity index (χ1n) is 17.4. The van der Waals surface area contributed by atoms with Gasteiger partial charge in [0.2, 0.25) is 11.8 Å². The molecule has 3 amide bonds. The highest BCUT2D eigenvalue weighted by Crippen LogP contribution is 2.57. The largest absolute Gasteiger partial charge is 0.455 e. The van der Waals surface area contributed by atoms with Crippen LogP contribution < -0.4 is 10.2 Å². The molecule has 0 saturated carbocycles. The van der Waals surface area contributed by atoms with Crippen LogP contribution in [-0.4, -0.2) is 76.7 Å². The highest BCUT2D eigenvalue weighted by molar-refractivity contribution is 6.06. The molecule has 0 aliphatic carbocycles. The molecule has 2 saturated heterocycles. The summed E-state index contributed by atoms with van der Waals surface area (Å²) < 4.78 is 12.9. The monoisotopic (exact) mass is 669 g/mol. The Morgan fingerprint density at radius 2 is 1.80 bits per heavy atom. The molecule has 10 nitrogen and oxygen atoms in total. The van der Waals surface area contributed by atoms with E-state index in [-0.39, 0.29) is 37.3 Å². The van der Waals surface area contributed by atoms with Gasteiger partial charge in [0.15, 0.2) is 0 Å². The zero-order chi connectivity index (χ0) is 35.0. The van der Waals surface area contributed by atoms with Crippen LogP contribution in [0.2, 0.25) is 0 Å². The molecule has 0 aromatic heterocycles. The summed E-state index contributed by atoms with van der Waals surface area (Å²) in [7, 11) is 0. The van der Waals surface area contributed by atoms with Crippen LogP contribution in [0.1, 0.15) is 62.8 Å². The topological polar surface area (TPSA) is 125 Å². The number of allylic oxidation sites excluding steroid dienone is 1. The van der Waals surface area contributed by atoms with Crippen molar-refractivity contribution in [1.29, 1.82) is 0 Å². The second-order valence-electron chi connectivity index (χ2n) is 14.0. The van der Waals surface area contributed by atoms with E-state index >= 15 is 4.79 Å². The molecule has 260 valence electrons. The van der Waals surface area contributed by atoms with Crippen LogP contribution in [0.15, 0.2) is 72.8 Å². The fraction of sp³-hybridized carbons (Fsp3) is 0.487. The highest BCUT2D eigenvalue weighted by atomic mass is 16.6. The van der Waals surface area contributed by atoms with E-state index in [0.29, 0.717) is 24.1 Å². The summed E-state index contributed by atoms with van der Waals surface area (Å²) in [5.41, 5.74) is 1.78. The molecule has 9 atom stereocenters. The average Bonchev–Trinajstić information content (AvgIpc) is 3.74. The van der Waals surface area contributed by atoms with Gasteiger partial charge in [0.05, 0.1) is 30.7 Å². The molecule has 2 N–H and O–H groups in total. The fourth-order valence-electron chi connectivity index (χ4n) is 8.01. The Bertz CT molecular complexity index is 1660. The Labute approximate surface area is 288 Å². The van der Waals surface area contributed by atoms with Crippen LogP contribution in [0.5, 0.6) is 0 Å². The maximum atomic E-state index is 15.2. The number of amides is 3. The smallest absolute Gasteiger partial charge is 0.313 e. The number of aliphatic hydroxyl groups is 1. The van der Waals surface area contributed by atoms with E-state index in [2.05, 4.69) is 5.32 Å². The summed E-state index contributed by atoms with van der Waals surface area (Å²) in [6, 6.07) is 12.7. The number of nitrogens with one attached hydrogen (secondary N) is 1. The van der Waals surface area contributed by atoms with Crippen molar-refractivity contribution in [2.75, 3.05) is 18.1 Å². The van der Waals surface area contributed by atoms with Gasteiger partial charge in [0.25, 0.3) is 5.91 Å². The molecule has 0 unspecified atom stereocenters. The number of carbonyl (C=O) groups is 4. The number of anilines is 1. The molecular formula is C39H47N3O7. The summed E-state index contributed by atoms with van der Waals surface area (Å²) >= 11 is 0. The predicted octanol–water partition coefficient (Wildman–Crippen LogP) is 4.33. The Morgan fingerprint density at radius 3 is 2.51 bits per heavy atom. The zero-order valence-corrected chi connectivity index (χ0v) is 28.9. The van der Waals surface area contributed by atoms with E-state index < -0.39 is 59.6 Å². The number of hydrogen-bond donors (Lipinski definition) is 2. The second kappa shape index (κ2) is 13.9. The Hall–Kier alpha value is -4.28. The number of hydrogen-bond acceptors (Lipinski definition) is 7. The van der Waals surface area contributed by atoms with E-state index in [9.17, 15) is 19.5 Å². The van der Waals surface area contributed by atoms with Crippen LogP contribution in [0.3, 0.4) is 0 Å². The van der Waals surface area contributed by atoms with Crippen molar-refractivity contribution in [3.05, 3.63) is 89.5 Å². The minimum absolute atomic E-state index is 0.148. The molecule has 4 aliphatic heterocycles. The second-order valence-corrected chi connectivity index (χ2v) is 14.0. The Kier molecular flexibility index (Phi) is 9.82. The lowest BCUT2D eigenvalue weighted by Crippen LogP contribution is -2.59. The molecule has 2 aromatic rings. The van der Waals surface area contributed by atoms with E-state index in [1.165, 1.54) is 4.90 Å². The number of benzene rings is 2. The van der Waals surface area contributed by atoms with Crippen molar-refractivity contribution in [1.82, 2.24) is 10.2 Å². The lowest BCUT2D eigenvalue weighted by atomic mass is 9.74. The molecule has 4 heterocycles.